The van der Waals surface area contributed by atoms with Crippen molar-refractivity contribution in [2.45, 2.75) is 214 Å². The lowest BCUT2D eigenvalue weighted by Gasteiger charge is -2.21. The second-order valence-corrected chi connectivity index (χ2v) is 14.7. The van der Waals surface area contributed by atoms with Crippen LogP contribution in [-0.2, 0) is 81.0 Å². The van der Waals surface area contributed by atoms with Gasteiger partial charge in [-0.15, -0.1) is 0 Å². The van der Waals surface area contributed by atoms with Crippen LogP contribution in [0.5, 0.6) is 0 Å². The standard InChI is InChI=1S/C42H68O18/c1-10-11-12-13-14-15-16-17-18-19-20-21-22-23-24-25-34(43)53-27(3)36(46)55-29(5)38(48)57-31(7)40(50)59-33(9)42(52)60-32(8)41(51)58-30(6)39(49)56-28(4)37(47)54-26(2)35(44)45/h26-33H,10-25H2,1-9H3,(H,44,45)/t26-,27+,28-,29-,30-,31-,32-,33-/m1/s1. The maximum absolute atomic E-state index is 12.5. The Morgan fingerprint density at radius 2 is 0.517 bits per heavy atom. The zero-order chi connectivity index (χ0) is 45.8. The summed E-state index contributed by atoms with van der Waals surface area (Å²) >= 11 is 0. The zero-order valence-corrected chi connectivity index (χ0v) is 36.8. The largest absolute Gasteiger partial charge is 0.479 e. The van der Waals surface area contributed by atoms with Crippen molar-refractivity contribution in [1.29, 1.82) is 0 Å². The molecule has 0 saturated carbocycles. The first kappa shape index (κ1) is 55.2. The van der Waals surface area contributed by atoms with E-state index in [1.807, 2.05) is 0 Å². The van der Waals surface area contributed by atoms with Gasteiger partial charge in [0.2, 0.25) is 0 Å². The highest BCUT2D eigenvalue weighted by molar-refractivity contribution is 5.88. The van der Waals surface area contributed by atoms with Crippen molar-refractivity contribution in [2.24, 2.45) is 0 Å². The van der Waals surface area contributed by atoms with Crippen LogP contribution in [0.4, 0.5) is 0 Å². The summed E-state index contributed by atoms with van der Waals surface area (Å²) in [5, 5.41) is 8.82. The fourth-order valence-electron chi connectivity index (χ4n) is 5.17. The van der Waals surface area contributed by atoms with Crippen molar-refractivity contribution < 1.29 is 86.2 Å². The van der Waals surface area contributed by atoms with Gasteiger partial charge in [-0.25, -0.2) is 38.4 Å². The molecular formula is C42H68O18. The van der Waals surface area contributed by atoms with Gasteiger partial charge in [0.15, 0.2) is 48.8 Å². The van der Waals surface area contributed by atoms with Crippen molar-refractivity contribution >= 4 is 53.7 Å². The molecule has 0 aromatic rings. The number of hydrogen-bond donors (Lipinski definition) is 1. The van der Waals surface area contributed by atoms with E-state index in [-0.39, 0.29) is 6.42 Å². The number of esters is 8. The Balaban J connectivity index is 4.45. The molecule has 0 aliphatic heterocycles. The van der Waals surface area contributed by atoms with Crippen molar-refractivity contribution in [1.82, 2.24) is 0 Å². The topological polar surface area (TPSA) is 248 Å². The number of carboxylic acids is 1. The first-order chi connectivity index (χ1) is 28.2. The van der Waals surface area contributed by atoms with Crippen LogP contribution in [0, 0.1) is 0 Å². The third kappa shape index (κ3) is 25.0. The van der Waals surface area contributed by atoms with Crippen molar-refractivity contribution in [3.05, 3.63) is 0 Å². The van der Waals surface area contributed by atoms with Crippen molar-refractivity contribution in [3.8, 4) is 0 Å². The van der Waals surface area contributed by atoms with Gasteiger partial charge < -0.3 is 43.0 Å². The van der Waals surface area contributed by atoms with Crippen molar-refractivity contribution in [3.63, 3.8) is 0 Å². The molecule has 0 aliphatic rings. The third-order valence-corrected chi connectivity index (χ3v) is 9.01. The van der Waals surface area contributed by atoms with E-state index in [0.29, 0.717) is 6.42 Å². The number of rotatable bonds is 32. The highest BCUT2D eigenvalue weighted by Gasteiger charge is 2.33. The van der Waals surface area contributed by atoms with Gasteiger partial charge in [0.05, 0.1) is 0 Å². The molecule has 60 heavy (non-hydrogen) atoms. The molecule has 8 atom stereocenters. The first-order valence-electron chi connectivity index (χ1n) is 21.1. The van der Waals surface area contributed by atoms with E-state index in [9.17, 15) is 43.2 Å². The SMILES string of the molecule is CCCCCCCCCCCCCCCCCC(=O)O[C@@H](C)C(=O)O[C@H](C)C(=O)O[C@H](C)C(=O)O[C@H](C)C(=O)O[C@H](C)C(=O)O[C@H](C)C(=O)O[C@H](C)C(=O)O[C@H](C)C(=O)O. The predicted octanol–water partition coefficient (Wildman–Crippen LogP) is 5.79. The van der Waals surface area contributed by atoms with Gasteiger partial charge in [0.25, 0.3) is 0 Å². The van der Waals surface area contributed by atoms with Crippen LogP contribution in [0.1, 0.15) is 165 Å². The van der Waals surface area contributed by atoms with E-state index in [1.54, 1.807) is 0 Å². The summed E-state index contributed by atoms with van der Waals surface area (Å²) in [5.41, 5.74) is 0. The fourth-order valence-corrected chi connectivity index (χ4v) is 5.17. The van der Waals surface area contributed by atoms with Crippen LogP contribution in [0.3, 0.4) is 0 Å². The van der Waals surface area contributed by atoms with Crippen molar-refractivity contribution in [2.75, 3.05) is 0 Å². The normalized spacial score (nSPS) is 14.9. The molecular weight excluding hydrogens is 792 g/mol. The summed E-state index contributed by atoms with van der Waals surface area (Å²) in [6, 6.07) is 0. The van der Waals surface area contributed by atoms with Gasteiger partial charge in [0.1, 0.15) is 0 Å². The van der Waals surface area contributed by atoms with E-state index in [2.05, 4.69) is 11.7 Å². The van der Waals surface area contributed by atoms with Crippen LogP contribution < -0.4 is 0 Å². The molecule has 1 N–H and O–H groups in total. The number of ether oxygens (including phenoxy) is 8. The molecule has 0 amide bonds. The molecule has 0 spiro atoms. The molecule has 0 saturated heterocycles. The lowest BCUT2D eigenvalue weighted by atomic mass is 10.0. The molecule has 0 aromatic heterocycles. The van der Waals surface area contributed by atoms with Gasteiger partial charge in [0, 0.05) is 6.42 Å². The minimum absolute atomic E-state index is 0.136. The number of carbonyl (C=O) groups excluding carboxylic acids is 8. The smallest absolute Gasteiger partial charge is 0.347 e. The minimum Gasteiger partial charge on any atom is -0.479 e. The summed E-state index contributed by atoms with van der Waals surface area (Å²) in [4.78, 5) is 110. The molecule has 0 radical (unpaired) electrons. The van der Waals surface area contributed by atoms with Crippen LogP contribution in [0.15, 0.2) is 0 Å². The number of carbonyl (C=O) groups is 9. The van der Waals surface area contributed by atoms with Crippen LogP contribution in [0.2, 0.25) is 0 Å². The molecule has 0 aromatic carbocycles. The van der Waals surface area contributed by atoms with E-state index >= 15 is 0 Å². The Hall–Kier alpha value is -4.77. The van der Waals surface area contributed by atoms with E-state index in [1.165, 1.54) is 84.5 Å². The molecule has 0 unspecified atom stereocenters. The summed E-state index contributed by atoms with van der Waals surface area (Å²) in [6.07, 6.45) is 5.72. The maximum Gasteiger partial charge on any atom is 0.347 e. The number of aliphatic carboxylic acids is 1. The quantitative estimate of drug-likeness (QED) is 0.0478. The van der Waals surface area contributed by atoms with Crippen LogP contribution in [0.25, 0.3) is 0 Å². The molecule has 0 aliphatic carbocycles. The molecule has 18 heteroatoms. The summed E-state index contributed by atoms with van der Waals surface area (Å²) < 4.78 is 39.4. The number of hydrogen-bond acceptors (Lipinski definition) is 17. The zero-order valence-electron chi connectivity index (χ0n) is 36.8. The van der Waals surface area contributed by atoms with E-state index < -0.39 is 103 Å². The molecule has 0 bridgehead atoms. The summed E-state index contributed by atoms with van der Waals surface area (Å²) in [7, 11) is 0. The summed E-state index contributed by atoms with van der Waals surface area (Å²) in [6.45, 7) is 11.3. The van der Waals surface area contributed by atoms with Gasteiger partial charge in [-0.1, -0.05) is 96.8 Å². The molecule has 0 heterocycles. The lowest BCUT2D eigenvalue weighted by Crippen LogP contribution is -2.39. The third-order valence-electron chi connectivity index (χ3n) is 9.01. The lowest BCUT2D eigenvalue weighted by molar-refractivity contribution is -0.189. The Morgan fingerprint density at radius 1 is 0.317 bits per heavy atom. The van der Waals surface area contributed by atoms with Gasteiger partial charge in [-0.05, 0) is 61.8 Å². The van der Waals surface area contributed by atoms with Gasteiger partial charge in [-0.3, -0.25) is 4.79 Å². The van der Waals surface area contributed by atoms with E-state index in [0.717, 1.165) is 60.8 Å². The summed E-state index contributed by atoms with van der Waals surface area (Å²) in [5.74, 6) is -10.1. The van der Waals surface area contributed by atoms with Crippen LogP contribution >= 0.6 is 0 Å². The molecule has 0 rings (SSSR count). The Labute approximate surface area is 353 Å². The average Bonchev–Trinajstić information content (AvgIpc) is 3.18. The maximum atomic E-state index is 12.5. The Morgan fingerprint density at radius 3 is 0.750 bits per heavy atom. The molecule has 18 nitrogen and oxygen atoms in total. The highest BCUT2D eigenvalue weighted by atomic mass is 16.7. The minimum atomic E-state index is -1.62. The first-order valence-corrected chi connectivity index (χ1v) is 21.1. The molecule has 344 valence electrons. The van der Waals surface area contributed by atoms with Gasteiger partial charge in [-0.2, -0.15) is 0 Å². The Bertz CT molecular complexity index is 1380. The monoisotopic (exact) mass is 860 g/mol. The predicted molar refractivity (Wildman–Crippen MR) is 212 cm³/mol. The van der Waals surface area contributed by atoms with E-state index in [4.69, 9.17) is 38.3 Å². The average molecular weight is 861 g/mol. The van der Waals surface area contributed by atoms with Gasteiger partial charge >= 0.3 is 53.7 Å². The molecule has 0 fully saturated rings. The second-order valence-electron chi connectivity index (χ2n) is 14.7. The number of unbranched alkanes of at least 4 members (excludes halogenated alkanes) is 14. The number of carboxylic acid groups (broad SMARTS) is 1. The second kappa shape index (κ2) is 31.2. The Kier molecular flexibility index (Phi) is 28.7. The van der Waals surface area contributed by atoms with Crippen LogP contribution in [-0.4, -0.2) is 108 Å². The fraction of sp³-hybridized carbons (Fsp3) is 0.786. The highest BCUT2D eigenvalue weighted by Crippen LogP contribution is 2.15.